The van der Waals surface area contributed by atoms with Gasteiger partial charge in [-0.15, -0.1) is 0 Å². The molecule has 0 heterocycles. The minimum absolute atomic E-state index is 0.191. The number of rotatable bonds is 7. The highest BCUT2D eigenvalue weighted by Gasteiger charge is 2.16. The van der Waals surface area contributed by atoms with Crippen LogP contribution in [-0.4, -0.2) is 12.6 Å². The second-order valence-electron chi connectivity index (χ2n) is 5.35. The molecule has 2 unspecified atom stereocenters. The Morgan fingerprint density at radius 3 is 2.40 bits per heavy atom. The Morgan fingerprint density at radius 2 is 1.93 bits per heavy atom. The molecule has 1 N–H and O–H groups in total. The lowest BCUT2D eigenvalue weighted by atomic mass is 9.91. The van der Waals surface area contributed by atoms with E-state index in [-0.39, 0.29) is 5.41 Å². The lowest BCUT2D eigenvalue weighted by Crippen LogP contribution is -2.30. The molecule has 0 aliphatic carbocycles. The molecule has 0 radical (unpaired) electrons. The van der Waals surface area contributed by atoms with Gasteiger partial charge in [0.25, 0.3) is 0 Å². The third kappa shape index (κ3) is 7.39. The van der Waals surface area contributed by atoms with E-state index < -0.39 is 0 Å². The van der Waals surface area contributed by atoms with Crippen LogP contribution in [0.1, 0.15) is 53.9 Å². The lowest BCUT2D eigenvalue weighted by molar-refractivity contribution is 0.376. The number of nitriles is 1. The number of nitrogens with one attached hydrogen (secondary N) is 1. The Labute approximate surface area is 95.1 Å². The van der Waals surface area contributed by atoms with Crippen molar-refractivity contribution in [2.45, 2.75) is 59.9 Å². The van der Waals surface area contributed by atoms with E-state index >= 15 is 0 Å². The molecule has 0 saturated heterocycles. The molecule has 0 saturated carbocycles. The fourth-order valence-corrected chi connectivity index (χ4v) is 1.54. The zero-order valence-corrected chi connectivity index (χ0v) is 10.9. The molecule has 88 valence electrons. The minimum Gasteiger partial charge on any atom is -0.314 e. The molecule has 0 rings (SSSR count). The van der Waals surface area contributed by atoms with Gasteiger partial charge in [-0.2, -0.15) is 5.26 Å². The van der Waals surface area contributed by atoms with Gasteiger partial charge in [-0.25, -0.2) is 0 Å². The van der Waals surface area contributed by atoms with Crippen LogP contribution in [-0.2, 0) is 0 Å². The van der Waals surface area contributed by atoms with Gasteiger partial charge in [0.05, 0.1) is 11.5 Å². The van der Waals surface area contributed by atoms with Gasteiger partial charge in [0.15, 0.2) is 0 Å². The van der Waals surface area contributed by atoms with E-state index in [1.165, 1.54) is 12.8 Å². The van der Waals surface area contributed by atoms with Crippen molar-refractivity contribution >= 4 is 0 Å². The van der Waals surface area contributed by atoms with Gasteiger partial charge in [0.2, 0.25) is 0 Å². The van der Waals surface area contributed by atoms with Crippen LogP contribution in [0, 0.1) is 22.7 Å². The summed E-state index contributed by atoms with van der Waals surface area (Å²) in [6.45, 7) is 11.7. The molecular formula is C13H26N2. The van der Waals surface area contributed by atoms with Crippen molar-refractivity contribution in [3.8, 4) is 6.07 Å². The third-order valence-electron chi connectivity index (χ3n) is 3.00. The highest BCUT2D eigenvalue weighted by molar-refractivity contribution is 4.91. The van der Waals surface area contributed by atoms with Crippen LogP contribution in [0.15, 0.2) is 0 Å². The zero-order valence-electron chi connectivity index (χ0n) is 10.9. The molecule has 0 aliphatic rings. The number of hydrogen-bond donors (Lipinski definition) is 1. The van der Waals surface area contributed by atoms with Crippen LogP contribution in [0.25, 0.3) is 0 Å². The fraction of sp³-hybridized carbons (Fsp3) is 0.923. The van der Waals surface area contributed by atoms with Gasteiger partial charge in [-0.3, -0.25) is 0 Å². The third-order valence-corrected chi connectivity index (χ3v) is 3.00. The van der Waals surface area contributed by atoms with Gasteiger partial charge in [0, 0.05) is 6.04 Å². The quantitative estimate of drug-likeness (QED) is 0.699. The molecule has 0 aromatic carbocycles. The van der Waals surface area contributed by atoms with Crippen LogP contribution < -0.4 is 5.32 Å². The fourth-order valence-electron chi connectivity index (χ4n) is 1.54. The summed E-state index contributed by atoms with van der Waals surface area (Å²) in [6, 6.07) is 2.89. The first kappa shape index (κ1) is 14.5. The van der Waals surface area contributed by atoms with Crippen LogP contribution in [0.4, 0.5) is 0 Å². The number of hydrogen-bond acceptors (Lipinski definition) is 2. The topological polar surface area (TPSA) is 35.8 Å². The largest absolute Gasteiger partial charge is 0.314 e. The summed E-state index contributed by atoms with van der Waals surface area (Å²) in [5, 5.41) is 12.4. The van der Waals surface area contributed by atoms with E-state index in [9.17, 15) is 0 Å². The molecule has 0 spiro atoms. The molecule has 2 heteroatoms. The molecule has 0 aromatic rings. The maximum atomic E-state index is 8.86. The molecule has 0 fully saturated rings. The monoisotopic (exact) mass is 210 g/mol. The normalized spacial score (nSPS) is 15.7. The van der Waals surface area contributed by atoms with Crippen LogP contribution in [0.5, 0.6) is 0 Å². The van der Waals surface area contributed by atoms with E-state index in [2.05, 4.69) is 32.2 Å². The maximum absolute atomic E-state index is 8.86. The van der Waals surface area contributed by atoms with Gasteiger partial charge in [-0.05, 0) is 46.1 Å². The van der Waals surface area contributed by atoms with E-state index in [1.807, 2.05) is 13.8 Å². The van der Waals surface area contributed by atoms with Crippen molar-refractivity contribution in [3.05, 3.63) is 0 Å². The summed E-state index contributed by atoms with van der Waals surface area (Å²) in [5.74, 6) is 0.788. The predicted molar refractivity (Wildman–Crippen MR) is 65.5 cm³/mol. The Balaban J connectivity index is 3.65. The molecular weight excluding hydrogens is 184 g/mol. The van der Waals surface area contributed by atoms with Gasteiger partial charge < -0.3 is 5.32 Å². The first-order chi connectivity index (χ1) is 6.91. The summed E-state index contributed by atoms with van der Waals surface area (Å²) >= 11 is 0. The summed E-state index contributed by atoms with van der Waals surface area (Å²) < 4.78 is 0. The average Bonchev–Trinajstić information content (AvgIpc) is 2.17. The second kappa shape index (κ2) is 6.85. The van der Waals surface area contributed by atoms with Crippen LogP contribution >= 0.6 is 0 Å². The molecule has 15 heavy (non-hydrogen) atoms. The van der Waals surface area contributed by atoms with Crippen molar-refractivity contribution in [2.24, 2.45) is 11.3 Å². The Bertz CT molecular complexity index is 203. The van der Waals surface area contributed by atoms with E-state index in [0.717, 1.165) is 18.9 Å². The highest BCUT2D eigenvalue weighted by Crippen LogP contribution is 2.17. The van der Waals surface area contributed by atoms with Gasteiger partial charge >= 0.3 is 0 Å². The highest BCUT2D eigenvalue weighted by atomic mass is 14.9. The summed E-state index contributed by atoms with van der Waals surface area (Å²) in [5.41, 5.74) is -0.191. The van der Waals surface area contributed by atoms with E-state index in [1.54, 1.807) is 0 Å². The minimum atomic E-state index is -0.191. The first-order valence-electron chi connectivity index (χ1n) is 6.06. The average molecular weight is 210 g/mol. The van der Waals surface area contributed by atoms with Crippen molar-refractivity contribution in [3.63, 3.8) is 0 Å². The first-order valence-corrected chi connectivity index (χ1v) is 6.06. The summed E-state index contributed by atoms with van der Waals surface area (Å²) in [7, 11) is 0. The second-order valence-corrected chi connectivity index (χ2v) is 5.35. The molecule has 0 aliphatic heterocycles. The zero-order chi connectivity index (χ0) is 11.9. The predicted octanol–water partition coefficient (Wildman–Crippen LogP) is 3.34. The molecule has 0 bridgehead atoms. The molecule has 2 atom stereocenters. The molecule has 2 nitrogen and oxygen atoms in total. The van der Waals surface area contributed by atoms with Gasteiger partial charge in [0.1, 0.15) is 0 Å². The van der Waals surface area contributed by atoms with E-state index in [0.29, 0.717) is 6.04 Å². The molecule has 0 aromatic heterocycles. The maximum Gasteiger partial charge on any atom is 0.0684 e. The van der Waals surface area contributed by atoms with Crippen molar-refractivity contribution in [1.82, 2.24) is 5.32 Å². The molecule has 0 amide bonds. The van der Waals surface area contributed by atoms with Gasteiger partial charge in [-0.1, -0.05) is 20.3 Å². The van der Waals surface area contributed by atoms with E-state index in [4.69, 9.17) is 5.26 Å². The lowest BCUT2D eigenvalue weighted by Gasteiger charge is -2.20. The SMILES string of the molecule is CCC(C)CC(C)NCCC(C)(C)C#N. The number of nitrogens with zero attached hydrogens (tertiary/aromatic N) is 1. The standard InChI is InChI=1S/C13H26N2/c1-6-11(2)9-12(3)15-8-7-13(4,5)10-14/h11-12,15H,6-9H2,1-5H3. The smallest absolute Gasteiger partial charge is 0.0684 e. The van der Waals surface area contributed by atoms with Crippen LogP contribution in [0.2, 0.25) is 0 Å². The Kier molecular flexibility index (Phi) is 6.60. The van der Waals surface area contributed by atoms with Crippen LogP contribution in [0.3, 0.4) is 0 Å². The van der Waals surface area contributed by atoms with Crippen molar-refractivity contribution < 1.29 is 0 Å². The Morgan fingerprint density at radius 1 is 1.33 bits per heavy atom. The Hall–Kier alpha value is -0.550. The van der Waals surface area contributed by atoms with Crippen molar-refractivity contribution in [1.29, 1.82) is 5.26 Å². The summed E-state index contributed by atoms with van der Waals surface area (Å²) in [4.78, 5) is 0. The summed E-state index contributed by atoms with van der Waals surface area (Å²) in [6.07, 6.45) is 3.40. The van der Waals surface area contributed by atoms with Crippen molar-refractivity contribution in [2.75, 3.05) is 6.54 Å².